The molecular weight excluding hydrogens is 288 g/mol. The van der Waals surface area contributed by atoms with Crippen molar-refractivity contribution in [2.75, 3.05) is 18.0 Å². The maximum Gasteiger partial charge on any atom is 0.146 e. The van der Waals surface area contributed by atoms with Gasteiger partial charge in [-0.25, -0.2) is 9.97 Å². The molecule has 2 aromatic heterocycles. The van der Waals surface area contributed by atoms with E-state index in [9.17, 15) is 0 Å². The molecular formula is C17H20N6. The minimum atomic E-state index is 0.433. The summed E-state index contributed by atoms with van der Waals surface area (Å²) in [6.07, 6.45) is 5.84. The highest BCUT2D eigenvalue weighted by Gasteiger charge is 2.31. The van der Waals surface area contributed by atoms with E-state index in [1.165, 1.54) is 6.33 Å². The average Bonchev–Trinajstić information content (AvgIpc) is 2.88. The van der Waals surface area contributed by atoms with E-state index in [1.54, 1.807) is 0 Å². The van der Waals surface area contributed by atoms with Gasteiger partial charge in [-0.05, 0) is 43.0 Å². The molecule has 1 aromatic carbocycles. The van der Waals surface area contributed by atoms with Crippen LogP contribution in [0.5, 0.6) is 0 Å². The molecule has 6 heteroatoms. The minimum absolute atomic E-state index is 0.433. The van der Waals surface area contributed by atoms with E-state index in [4.69, 9.17) is 17.2 Å². The van der Waals surface area contributed by atoms with Crippen LogP contribution in [0, 0.1) is 5.92 Å². The maximum atomic E-state index is 6.14. The van der Waals surface area contributed by atoms with Gasteiger partial charge in [0.1, 0.15) is 17.8 Å². The highest BCUT2D eigenvalue weighted by Crippen LogP contribution is 2.42. The number of fused-ring (bicyclic) bond motifs is 1. The molecule has 6 N–H and O–H groups in total. The van der Waals surface area contributed by atoms with Gasteiger partial charge in [0.05, 0.1) is 5.39 Å². The van der Waals surface area contributed by atoms with Crippen molar-refractivity contribution in [1.29, 1.82) is 0 Å². The van der Waals surface area contributed by atoms with Crippen LogP contribution in [0.25, 0.3) is 22.2 Å². The number of nitrogen functional groups attached to an aromatic ring is 2. The predicted molar refractivity (Wildman–Crippen MR) is 92.6 cm³/mol. The summed E-state index contributed by atoms with van der Waals surface area (Å²) in [5.74, 6) is 1.12. The summed E-state index contributed by atoms with van der Waals surface area (Å²) in [6.45, 7) is 0.748. The van der Waals surface area contributed by atoms with Gasteiger partial charge in [-0.15, -0.1) is 0 Å². The SMILES string of the molecule is NCC1CC(n2cc(-c3ccc(N)cc3)c3c(N)ncnc32)C1. The number of aromatic nitrogens is 3. The summed E-state index contributed by atoms with van der Waals surface area (Å²) in [7, 11) is 0. The molecule has 1 aliphatic rings. The second-order valence-electron chi connectivity index (χ2n) is 6.26. The Labute approximate surface area is 134 Å². The first-order valence-corrected chi connectivity index (χ1v) is 7.84. The highest BCUT2D eigenvalue weighted by molar-refractivity contribution is 6.00. The summed E-state index contributed by atoms with van der Waals surface area (Å²) < 4.78 is 2.23. The second kappa shape index (κ2) is 5.24. The maximum absolute atomic E-state index is 6.14. The number of nitrogens with two attached hydrogens (primary N) is 3. The molecule has 4 rings (SSSR count). The van der Waals surface area contributed by atoms with Gasteiger partial charge in [-0.2, -0.15) is 0 Å². The Balaban J connectivity index is 1.86. The summed E-state index contributed by atoms with van der Waals surface area (Å²) in [5.41, 5.74) is 21.4. The van der Waals surface area contributed by atoms with E-state index in [-0.39, 0.29) is 0 Å². The Morgan fingerprint density at radius 3 is 2.52 bits per heavy atom. The first kappa shape index (κ1) is 14.0. The van der Waals surface area contributed by atoms with Gasteiger partial charge in [0.15, 0.2) is 0 Å². The zero-order valence-electron chi connectivity index (χ0n) is 12.8. The van der Waals surface area contributed by atoms with Gasteiger partial charge < -0.3 is 21.8 Å². The molecule has 1 fully saturated rings. The topological polar surface area (TPSA) is 109 Å². The van der Waals surface area contributed by atoms with Crippen molar-refractivity contribution in [3.05, 3.63) is 36.8 Å². The summed E-state index contributed by atoms with van der Waals surface area (Å²) in [5, 5.41) is 0.911. The first-order valence-electron chi connectivity index (χ1n) is 7.84. The molecule has 0 unspecified atom stereocenters. The molecule has 0 spiro atoms. The standard InChI is InChI=1S/C17H20N6/c18-7-10-5-13(6-10)23-8-14(11-1-3-12(19)4-2-11)15-16(20)21-9-22-17(15)23/h1-4,8-10,13H,5-7,18-19H2,(H2,20,21,22). The Morgan fingerprint density at radius 2 is 1.83 bits per heavy atom. The number of hydrogen-bond acceptors (Lipinski definition) is 5. The molecule has 23 heavy (non-hydrogen) atoms. The normalized spacial score (nSPS) is 20.6. The van der Waals surface area contributed by atoms with Gasteiger partial charge in [-0.1, -0.05) is 12.1 Å². The minimum Gasteiger partial charge on any atom is -0.399 e. The lowest BCUT2D eigenvalue weighted by molar-refractivity contribution is 0.209. The molecule has 0 atom stereocenters. The van der Waals surface area contributed by atoms with Gasteiger partial charge >= 0.3 is 0 Å². The molecule has 0 bridgehead atoms. The number of hydrogen-bond donors (Lipinski definition) is 3. The van der Waals surface area contributed by atoms with Crippen LogP contribution in [0.4, 0.5) is 11.5 Å². The molecule has 0 amide bonds. The van der Waals surface area contributed by atoms with Gasteiger partial charge in [-0.3, -0.25) is 0 Å². The molecule has 3 aromatic rings. The highest BCUT2D eigenvalue weighted by atomic mass is 15.1. The molecule has 1 aliphatic carbocycles. The fraction of sp³-hybridized carbons (Fsp3) is 0.294. The van der Waals surface area contributed by atoms with Gasteiger partial charge in [0.2, 0.25) is 0 Å². The Morgan fingerprint density at radius 1 is 1.09 bits per heavy atom. The van der Waals surface area contributed by atoms with Crippen LogP contribution in [-0.2, 0) is 0 Å². The van der Waals surface area contributed by atoms with Crippen LogP contribution in [0.1, 0.15) is 18.9 Å². The van der Waals surface area contributed by atoms with Crippen molar-refractivity contribution in [3.63, 3.8) is 0 Å². The van der Waals surface area contributed by atoms with Crippen molar-refractivity contribution >= 4 is 22.5 Å². The summed E-state index contributed by atoms with van der Waals surface area (Å²) in [4.78, 5) is 8.64. The Kier molecular flexibility index (Phi) is 3.20. The zero-order valence-corrected chi connectivity index (χ0v) is 12.8. The van der Waals surface area contributed by atoms with Crippen LogP contribution >= 0.6 is 0 Å². The second-order valence-corrected chi connectivity index (χ2v) is 6.26. The summed E-state index contributed by atoms with van der Waals surface area (Å²) >= 11 is 0. The smallest absolute Gasteiger partial charge is 0.146 e. The van der Waals surface area contributed by atoms with Crippen molar-refractivity contribution < 1.29 is 0 Å². The van der Waals surface area contributed by atoms with E-state index >= 15 is 0 Å². The Bertz CT molecular complexity index is 845. The van der Waals surface area contributed by atoms with Crippen LogP contribution in [0.2, 0.25) is 0 Å². The molecule has 2 heterocycles. The van der Waals surface area contributed by atoms with Crippen LogP contribution in [0.15, 0.2) is 36.8 Å². The van der Waals surface area contributed by atoms with E-state index in [0.29, 0.717) is 17.8 Å². The lowest BCUT2D eigenvalue weighted by Gasteiger charge is -2.35. The third-order valence-corrected chi connectivity index (χ3v) is 4.80. The summed E-state index contributed by atoms with van der Waals surface area (Å²) in [6, 6.07) is 8.23. The number of anilines is 2. The molecule has 118 valence electrons. The van der Waals surface area contributed by atoms with E-state index < -0.39 is 0 Å². The predicted octanol–water partition coefficient (Wildman–Crippen LogP) is 2.17. The van der Waals surface area contributed by atoms with Crippen molar-refractivity contribution in [1.82, 2.24) is 14.5 Å². The number of rotatable bonds is 3. The lowest BCUT2D eigenvalue weighted by Crippen LogP contribution is -2.31. The fourth-order valence-electron chi connectivity index (χ4n) is 3.39. The molecule has 6 nitrogen and oxygen atoms in total. The monoisotopic (exact) mass is 308 g/mol. The van der Waals surface area contributed by atoms with Gasteiger partial charge in [0.25, 0.3) is 0 Å². The fourth-order valence-corrected chi connectivity index (χ4v) is 3.39. The third-order valence-electron chi connectivity index (χ3n) is 4.80. The molecule has 1 saturated carbocycles. The van der Waals surface area contributed by atoms with E-state index in [1.807, 2.05) is 24.3 Å². The zero-order chi connectivity index (χ0) is 16.0. The average molecular weight is 308 g/mol. The third kappa shape index (κ3) is 2.22. The molecule has 0 aliphatic heterocycles. The van der Waals surface area contributed by atoms with E-state index in [0.717, 1.165) is 47.2 Å². The molecule has 0 radical (unpaired) electrons. The van der Waals surface area contributed by atoms with Crippen LogP contribution in [-0.4, -0.2) is 21.1 Å². The van der Waals surface area contributed by atoms with Crippen molar-refractivity contribution in [3.8, 4) is 11.1 Å². The van der Waals surface area contributed by atoms with Crippen molar-refractivity contribution in [2.24, 2.45) is 11.7 Å². The largest absolute Gasteiger partial charge is 0.399 e. The lowest BCUT2D eigenvalue weighted by atomic mass is 9.80. The van der Waals surface area contributed by atoms with Crippen LogP contribution in [0.3, 0.4) is 0 Å². The van der Waals surface area contributed by atoms with Gasteiger partial charge in [0, 0.05) is 23.5 Å². The quantitative estimate of drug-likeness (QED) is 0.642. The first-order chi connectivity index (χ1) is 11.2. The van der Waals surface area contributed by atoms with Crippen molar-refractivity contribution in [2.45, 2.75) is 18.9 Å². The van der Waals surface area contributed by atoms with Crippen LogP contribution < -0.4 is 17.2 Å². The van der Waals surface area contributed by atoms with E-state index in [2.05, 4.69) is 20.7 Å². The number of nitrogens with zero attached hydrogens (tertiary/aromatic N) is 3. The number of benzene rings is 1. The molecule has 0 saturated heterocycles. The Hall–Kier alpha value is -2.60.